The highest BCUT2D eigenvalue weighted by atomic mass is 19.1. The van der Waals surface area contributed by atoms with Gasteiger partial charge in [0.05, 0.1) is 11.7 Å². The van der Waals surface area contributed by atoms with Gasteiger partial charge in [0.15, 0.2) is 0 Å². The number of fused-ring (bicyclic) bond motifs is 2. The second-order valence-corrected chi connectivity index (χ2v) is 7.52. The Morgan fingerprint density at radius 1 is 1.29 bits per heavy atom. The van der Waals surface area contributed by atoms with Gasteiger partial charge in [-0.25, -0.2) is 4.39 Å². The summed E-state index contributed by atoms with van der Waals surface area (Å²) in [6.45, 7) is 1.92. The molecular weight excluding hydrogens is 307 g/mol. The van der Waals surface area contributed by atoms with Gasteiger partial charge in [-0.15, -0.1) is 0 Å². The van der Waals surface area contributed by atoms with Gasteiger partial charge in [-0.3, -0.25) is 4.79 Å². The number of nitrogens with zero attached hydrogens (tertiary/aromatic N) is 1. The van der Waals surface area contributed by atoms with Gasteiger partial charge in [0.25, 0.3) is 0 Å². The molecule has 0 bridgehead atoms. The van der Waals surface area contributed by atoms with E-state index in [0.717, 1.165) is 49.8 Å². The first-order valence-corrected chi connectivity index (χ1v) is 9.06. The summed E-state index contributed by atoms with van der Waals surface area (Å²) in [6.07, 6.45) is 5.75. The summed E-state index contributed by atoms with van der Waals surface area (Å²) in [4.78, 5) is 14.9. The minimum atomic E-state index is -0.526. The summed E-state index contributed by atoms with van der Waals surface area (Å²) >= 11 is 0. The molecule has 1 aromatic carbocycles. The Labute approximate surface area is 142 Å². The van der Waals surface area contributed by atoms with Gasteiger partial charge in [-0.2, -0.15) is 0 Å². The highest BCUT2D eigenvalue weighted by Crippen LogP contribution is 2.51. The molecule has 130 valence electrons. The molecule has 1 atom stereocenters. The largest absolute Gasteiger partial charge is 0.381 e. The molecule has 4 nitrogen and oxygen atoms in total. The van der Waals surface area contributed by atoms with Gasteiger partial charge < -0.3 is 15.4 Å². The van der Waals surface area contributed by atoms with Gasteiger partial charge in [0, 0.05) is 30.7 Å². The predicted octanol–water partition coefficient (Wildman–Crippen LogP) is 2.74. The van der Waals surface area contributed by atoms with Crippen LogP contribution in [0.4, 0.5) is 10.1 Å². The van der Waals surface area contributed by atoms with Crippen molar-refractivity contribution in [3.05, 3.63) is 29.6 Å². The lowest BCUT2D eigenvalue weighted by molar-refractivity contribution is -0.121. The highest BCUT2D eigenvalue weighted by Gasteiger charge is 2.49. The van der Waals surface area contributed by atoms with Crippen molar-refractivity contribution >= 4 is 11.6 Å². The fourth-order valence-electron chi connectivity index (χ4n) is 4.84. The molecule has 0 radical (unpaired) electrons. The van der Waals surface area contributed by atoms with E-state index in [9.17, 15) is 9.18 Å². The number of carbonyl (C=O) groups excluding carboxylic acids is 1. The van der Waals surface area contributed by atoms with Crippen LogP contribution in [-0.4, -0.2) is 31.7 Å². The highest BCUT2D eigenvalue weighted by molar-refractivity contribution is 5.99. The Morgan fingerprint density at radius 2 is 2.00 bits per heavy atom. The fourth-order valence-corrected chi connectivity index (χ4v) is 4.84. The summed E-state index contributed by atoms with van der Waals surface area (Å²) in [5.41, 5.74) is 7.60. The topological polar surface area (TPSA) is 55.6 Å². The zero-order valence-corrected chi connectivity index (χ0v) is 14.0. The molecule has 1 unspecified atom stereocenters. The molecule has 0 aromatic heterocycles. The molecule has 3 aliphatic rings. The van der Waals surface area contributed by atoms with Crippen LogP contribution in [0.25, 0.3) is 0 Å². The third-order valence-electron chi connectivity index (χ3n) is 6.16. The quantitative estimate of drug-likeness (QED) is 0.906. The van der Waals surface area contributed by atoms with Gasteiger partial charge >= 0.3 is 0 Å². The summed E-state index contributed by atoms with van der Waals surface area (Å²) in [6, 6.07) is 4.56. The predicted molar refractivity (Wildman–Crippen MR) is 90.4 cm³/mol. The number of carbonyl (C=O) groups is 1. The molecule has 1 aliphatic carbocycles. The van der Waals surface area contributed by atoms with E-state index in [1.165, 1.54) is 6.07 Å². The van der Waals surface area contributed by atoms with Crippen LogP contribution in [0.2, 0.25) is 0 Å². The van der Waals surface area contributed by atoms with Crippen LogP contribution in [0.5, 0.6) is 0 Å². The first-order chi connectivity index (χ1) is 11.6. The second kappa shape index (κ2) is 6.12. The van der Waals surface area contributed by atoms with Gasteiger partial charge in [0.1, 0.15) is 5.82 Å². The third kappa shape index (κ3) is 2.45. The van der Waals surface area contributed by atoms with E-state index < -0.39 is 6.04 Å². The van der Waals surface area contributed by atoms with Crippen LogP contribution >= 0.6 is 0 Å². The molecule has 2 fully saturated rings. The van der Waals surface area contributed by atoms with Crippen LogP contribution in [-0.2, 0) is 14.9 Å². The summed E-state index contributed by atoms with van der Waals surface area (Å²) in [7, 11) is 0. The van der Waals surface area contributed by atoms with Crippen LogP contribution in [0.1, 0.15) is 44.1 Å². The zero-order valence-electron chi connectivity index (χ0n) is 14.0. The lowest BCUT2D eigenvalue weighted by Gasteiger charge is -2.31. The number of amides is 1. The van der Waals surface area contributed by atoms with Crippen molar-refractivity contribution in [1.29, 1.82) is 0 Å². The summed E-state index contributed by atoms with van der Waals surface area (Å²) in [5.74, 6) is -0.0785. The van der Waals surface area contributed by atoms with Gasteiger partial charge in [0.2, 0.25) is 5.91 Å². The standard InChI is InChI=1S/C19H25FN2O2/c20-14-4-3-5-15-16(14)19(8-1-2-9-19)12-22(15)18(23)17(21)13-6-10-24-11-7-13/h3-5,13,17H,1-2,6-12,21H2. The maximum atomic E-state index is 14.6. The lowest BCUT2D eigenvalue weighted by atomic mass is 9.80. The van der Waals surface area contributed by atoms with E-state index in [1.807, 2.05) is 6.07 Å². The zero-order chi connectivity index (χ0) is 16.7. The molecule has 1 spiro atoms. The third-order valence-corrected chi connectivity index (χ3v) is 6.16. The van der Waals surface area contributed by atoms with E-state index in [-0.39, 0.29) is 23.1 Å². The van der Waals surface area contributed by atoms with Crippen molar-refractivity contribution in [3.63, 3.8) is 0 Å². The number of hydrogen-bond donors (Lipinski definition) is 1. The Morgan fingerprint density at radius 3 is 2.71 bits per heavy atom. The summed E-state index contributed by atoms with van der Waals surface area (Å²) in [5, 5.41) is 0. The number of anilines is 1. The normalized spacial score (nSPS) is 24.3. The van der Waals surface area contributed by atoms with Gasteiger partial charge in [-0.05, 0) is 43.7 Å². The molecule has 1 saturated heterocycles. The molecule has 4 rings (SSSR count). The van der Waals surface area contributed by atoms with E-state index >= 15 is 0 Å². The molecule has 5 heteroatoms. The first-order valence-electron chi connectivity index (χ1n) is 9.06. The average molecular weight is 332 g/mol. The number of rotatable bonds is 2. The van der Waals surface area contributed by atoms with Crippen molar-refractivity contribution in [1.82, 2.24) is 0 Å². The van der Waals surface area contributed by atoms with Crippen LogP contribution < -0.4 is 10.6 Å². The van der Waals surface area contributed by atoms with Crippen LogP contribution in [0.3, 0.4) is 0 Å². The number of benzene rings is 1. The van der Waals surface area contributed by atoms with Crippen molar-refractivity contribution in [2.24, 2.45) is 11.7 Å². The Hall–Kier alpha value is -1.46. The maximum absolute atomic E-state index is 14.6. The fraction of sp³-hybridized carbons (Fsp3) is 0.632. The van der Waals surface area contributed by atoms with Gasteiger partial charge in [-0.1, -0.05) is 18.9 Å². The number of halogens is 1. The molecule has 1 saturated carbocycles. The van der Waals surface area contributed by atoms with Crippen molar-refractivity contribution in [3.8, 4) is 0 Å². The number of ether oxygens (including phenoxy) is 1. The Balaban J connectivity index is 1.65. The van der Waals surface area contributed by atoms with E-state index in [1.54, 1.807) is 11.0 Å². The molecule has 24 heavy (non-hydrogen) atoms. The molecule has 2 heterocycles. The molecular formula is C19H25FN2O2. The van der Waals surface area contributed by atoms with E-state index in [0.29, 0.717) is 19.8 Å². The van der Waals surface area contributed by atoms with E-state index in [2.05, 4.69) is 0 Å². The number of nitrogens with two attached hydrogens (primary N) is 1. The van der Waals surface area contributed by atoms with Crippen LogP contribution in [0, 0.1) is 11.7 Å². The minimum absolute atomic E-state index is 0.0578. The monoisotopic (exact) mass is 332 g/mol. The molecule has 1 aromatic rings. The van der Waals surface area contributed by atoms with Crippen molar-refractivity contribution < 1.29 is 13.9 Å². The number of hydrogen-bond acceptors (Lipinski definition) is 3. The summed E-state index contributed by atoms with van der Waals surface area (Å²) < 4.78 is 20.0. The Bertz CT molecular complexity index is 636. The average Bonchev–Trinajstić information content (AvgIpc) is 3.21. The smallest absolute Gasteiger partial charge is 0.244 e. The maximum Gasteiger partial charge on any atom is 0.244 e. The molecule has 2 aliphatic heterocycles. The minimum Gasteiger partial charge on any atom is -0.381 e. The van der Waals surface area contributed by atoms with Crippen molar-refractivity contribution in [2.75, 3.05) is 24.7 Å². The SMILES string of the molecule is NC(C(=O)N1CC2(CCCC2)c2c(F)cccc21)C1CCOCC1. The molecule has 1 amide bonds. The van der Waals surface area contributed by atoms with Crippen LogP contribution in [0.15, 0.2) is 18.2 Å². The van der Waals surface area contributed by atoms with E-state index in [4.69, 9.17) is 10.5 Å². The van der Waals surface area contributed by atoms with Crippen molar-refractivity contribution in [2.45, 2.75) is 50.0 Å². The Kier molecular flexibility index (Phi) is 4.09. The first kappa shape index (κ1) is 16.0. The molecule has 2 N–H and O–H groups in total. The second-order valence-electron chi connectivity index (χ2n) is 7.52. The lowest BCUT2D eigenvalue weighted by Crippen LogP contribution is -2.50.